The Morgan fingerprint density at radius 2 is 2.09 bits per heavy atom. The first-order chi connectivity index (χ1) is 16.4. The molecule has 0 atom stereocenters. The minimum Gasteiger partial charge on any atom is -0.495 e. The number of halogens is 2. The maximum Gasteiger partial charge on any atom is 0.323 e. The summed E-state index contributed by atoms with van der Waals surface area (Å²) in [6.45, 7) is -1.30. The van der Waals surface area contributed by atoms with Crippen LogP contribution >= 0.6 is 24.0 Å². The SMILES string of the molecule is Cl.[2H]C([2H])(c1ccnc2[nH]ccc12)N1CCc2c(NC(=O)Nc3cc(Cl)ccc3OC)cccc21. The molecule has 170 valence electrons. The van der Waals surface area contributed by atoms with Crippen molar-refractivity contribution < 1.29 is 12.3 Å². The predicted molar refractivity (Wildman–Crippen MR) is 135 cm³/mol. The Bertz CT molecular complexity index is 1400. The van der Waals surface area contributed by atoms with Crippen LogP contribution in [0.1, 0.15) is 13.9 Å². The molecule has 3 N–H and O–H groups in total. The first-order valence-electron chi connectivity index (χ1n) is 11.1. The van der Waals surface area contributed by atoms with E-state index in [1.165, 1.54) is 7.11 Å². The maximum absolute atomic E-state index is 12.8. The third-order valence-corrected chi connectivity index (χ3v) is 5.64. The van der Waals surface area contributed by atoms with Crippen molar-refractivity contribution in [3.8, 4) is 5.75 Å². The normalized spacial score (nSPS) is 13.6. The number of amides is 2. The van der Waals surface area contributed by atoms with Gasteiger partial charge in [0.1, 0.15) is 11.4 Å². The van der Waals surface area contributed by atoms with Crippen LogP contribution in [-0.4, -0.2) is 29.7 Å². The van der Waals surface area contributed by atoms with Crippen LogP contribution in [0.3, 0.4) is 0 Å². The minimum absolute atomic E-state index is 0. The minimum atomic E-state index is -1.77. The lowest BCUT2D eigenvalue weighted by atomic mass is 10.1. The van der Waals surface area contributed by atoms with Crippen molar-refractivity contribution in [3.05, 3.63) is 77.1 Å². The van der Waals surface area contributed by atoms with Gasteiger partial charge in [0.15, 0.2) is 0 Å². The van der Waals surface area contributed by atoms with E-state index in [1.54, 1.807) is 47.6 Å². The van der Waals surface area contributed by atoms with Crippen LogP contribution in [0.2, 0.25) is 5.02 Å². The zero-order chi connectivity index (χ0) is 23.9. The second-order valence-corrected chi connectivity index (χ2v) is 7.78. The molecule has 4 aromatic rings. The number of ether oxygens (including phenoxy) is 1. The van der Waals surface area contributed by atoms with E-state index >= 15 is 0 Å². The number of anilines is 3. The monoisotopic (exact) mass is 485 g/mol. The number of benzene rings is 2. The van der Waals surface area contributed by atoms with E-state index in [-0.39, 0.29) is 12.4 Å². The number of nitrogens with one attached hydrogen (secondary N) is 3. The number of carbonyl (C=O) groups is 1. The number of urea groups is 1. The number of aromatic amines is 1. The third-order valence-electron chi connectivity index (χ3n) is 5.40. The molecule has 1 aliphatic heterocycles. The number of hydrogen-bond acceptors (Lipinski definition) is 4. The summed E-state index contributed by atoms with van der Waals surface area (Å²) < 4.78 is 23.2. The van der Waals surface area contributed by atoms with Crippen LogP contribution in [0.25, 0.3) is 11.0 Å². The van der Waals surface area contributed by atoms with Gasteiger partial charge in [0.05, 0.1) is 15.5 Å². The van der Waals surface area contributed by atoms with E-state index in [4.69, 9.17) is 19.1 Å². The first kappa shape index (κ1) is 20.2. The second-order valence-electron chi connectivity index (χ2n) is 7.34. The molecule has 1 aliphatic rings. The van der Waals surface area contributed by atoms with Crippen molar-refractivity contribution in [2.75, 3.05) is 29.2 Å². The van der Waals surface area contributed by atoms with Crippen molar-refractivity contribution in [1.29, 1.82) is 0 Å². The fraction of sp³-hybridized carbons (Fsp3) is 0.167. The molecule has 0 unspecified atom stereocenters. The summed E-state index contributed by atoms with van der Waals surface area (Å²) in [5.41, 5.74) is 3.87. The van der Waals surface area contributed by atoms with E-state index in [2.05, 4.69) is 20.6 Å². The quantitative estimate of drug-likeness (QED) is 0.330. The van der Waals surface area contributed by atoms with Crippen LogP contribution in [0.15, 0.2) is 60.9 Å². The predicted octanol–water partition coefficient (Wildman–Crippen LogP) is 5.85. The summed E-state index contributed by atoms with van der Waals surface area (Å²) >= 11 is 6.06. The zero-order valence-corrected chi connectivity index (χ0v) is 19.3. The van der Waals surface area contributed by atoms with Crippen LogP contribution < -0.4 is 20.3 Å². The molecular weight excluding hydrogens is 461 g/mol. The van der Waals surface area contributed by atoms with Crippen molar-refractivity contribution in [2.45, 2.75) is 12.9 Å². The Morgan fingerprint density at radius 3 is 2.94 bits per heavy atom. The highest BCUT2D eigenvalue weighted by atomic mass is 35.5. The van der Waals surface area contributed by atoms with E-state index in [9.17, 15) is 4.79 Å². The fourth-order valence-corrected chi connectivity index (χ4v) is 4.10. The number of hydrogen-bond donors (Lipinski definition) is 3. The molecule has 0 aliphatic carbocycles. The highest BCUT2D eigenvalue weighted by Gasteiger charge is 2.23. The molecule has 2 aromatic carbocycles. The molecule has 0 bridgehead atoms. The highest BCUT2D eigenvalue weighted by molar-refractivity contribution is 6.31. The number of methoxy groups -OCH3 is 1. The van der Waals surface area contributed by atoms with Gasteiger partial charge in [0.25, 0.3) is 0 Å². The molecule has 7 nitrogen and oxygen atoms in total. The molecule has 0 spiro atoms. The van der Waals surface area contributed by atoms with Gasteiger partial charge in [-0.2, -0.15) is 0 Å². The number of aromatic nitrogens is 2. The number of rotatable bonds is 5. The van der Waals surface area contributed by atoms with Gasteiger partial charge < -0.3 is 25.3 Å². The third kappa shape index (κ3) is 4.55. The van der Waals surface area contributed by atoms with Crippen LogP contribution in [-0.2, 0) is 12.9 Å². The maximum atomic E-state index is 12.8. The van der Waals surface area contributed by atoms with Gasteiger partial charge >= 0.3 is 6.03 Å². The van der Waals surface area contributed by atoms with Crippen molar-refractivity contribution in [3.63, 3.8) is 0 Å². The Labute approximate surface area is 205 Å². The molecule has 0 saturated carbocycles. The van der Waals surface area contributed by atoms with E-state index in [0.29, 0.717) is 46.3 Å². The number of fused-ring (bicyclic) bond motifs is 2. The molecule has 3 heterocycles. The van der Waals surface area contributed by atoms with Crippen molar-refractivity contribution in [1.82, 2.24) is 9.97 Å². The van der Waals surface area contributed by atoms with Gasteiger partial charge in [-0.1, -0.05) is 17.7 Å². The Kier molecular flexibility index (Phi) is 5.88. The molecule has 5 rings (SSSR count). The number of H-pyrrole nitrogens is 1. The fourth-order valence-electron chi connectivity index (χ4n) is 3.93. The second kappa shape index (κ2) is 9.60. The number of carbonyl (C=O) groups excluding carboxylic acids is 1. The van der Waals surface area contributed by atoms with Crippen molar-refractivity contribution >= 4 is 58.1 Å². The van der Waals surface area contributed by atoms with Crippen molar-refractivity contribution in [2.24, 2.45) is 0 Å². The highest BCUT2D eigenvalue weighted by Crippen LogP contribution is 2.35. The Balaban J connectivity index is 0.00000289. The van der Waals surface area contributed by atoms with Gasteiger partial charge in [-0.3, -0.25) is 0 Å². The lowest BCUT2D eigenvalue weighted by Crippen LogP contribution is -2.21. The lowest BCUT2D eigenvalue weighted by molar-refractivity contribution is 0.262. The lowest BCUT2D eigenvalue weighted by Gasteiger charge is -2.20. The largest absolute Gasteiger partial charge is 0.495 e. The molecule has 2 amide bonds. The summed E-state index contributed by atoms with van der Waals surface area (Å²) in [5, 5.41) is 6.87. The van der Waals surface area contributed by atoms with Crippen LogP contribution in [0.5, 0.6) is 5.75 Å². The zero-order valence-electron chi connectivity index (χ0n) is 19.7. The summed E-state index contributed by atoms with van der Waals surface area (Å²) in [7, 11) is 1.52. The molecular formula is C24H23Cl2N5O2. The topological polar surface area (TPSA) is 82.3 Å². The molecule has 0 saturated heterocycles. The summed E-state index contributed by atoms with van der Waals surface area (Å²) in [5.74, 6) is 0.491. The van der Waals surface area contributed by atoms with Gasteiger partial charge in [-0.25, -0.2) is 9.78 Å². The summed E-state index contributed by atoms with van der Waals surface area (Å²) in [6.07, 6.45) is 3.95. The molecule has 9 heteroatoms. The summed E-state index contributed by atoms with van der Waals surface area (Å²) in [4.78, 5) is 21.8. The number of nitrogens with zero attached hydrogens (tertiary/aromatic N) is 2. The van der Waals surface area contributed by atoms with E-state index < -0.39 is 12.5 Å². The molecule has 33 heavy (non-hydrogen) atoms. The molecule has 0 radical (unpaired) electrons. The molecule has 2 aromatic heterocycles. The average molecular weight is 486 g/mol. The van der Waals surface area contributed by atoms with Gasteiger partial charge in [-0.05, 0) is 54.4 Å². The Morgan fingerprint density at radius 1 is 1.24 bits per heavy atom. The average Bonchev–Trinajstić information content (AvgIpc) is 3.47. The summed E-state index contributed by atoms with van der Waals surface area (Å²) in [6, 6.07) is 13.6. The Hall–Kier alpha value is -3.42. The number of pyridine rings is 1. The first-order valence-corrected chi connectivity index (χ1v) is 10.5. The van der Waals surface area contributed by atoms with Gasteiger partial charge in [0, 0.05) is 52.8 Å². The standard InChI is InChI=1S/C24H22ClN5O2.ClH/c1-32-22-6-5-16(25)13-20(22)29-24(31)28-19-3-2-4-21-18(19)9-12-30(21)14-15-7-10-26-23-17(15)8-11-27-23;/h2-8,10-11,13H,9,12,14H2,1H3,(H,26,27)(H2,28,29,31);1H/i14D2;. The van der Waals surface area contributed by atoms with Gasteiger partial charge in [0.2, 0.25) is 0 Å². The van der Waals surface area contributed by atoms with Crippen LogP contribution in [0.4, 0.5) is 21.9 Å². The van der Waals surface area contributed by atoms with Crippen LogP contribution in [0, 0.1) is 0 Å². The van der Waals surface area contributed by atoms with Gasteiger partial charge in [-0.15, -0.1) is 12.4 Å². The smallest absolute Gasteiger partial charge is 0.323 e. The molecule has 0 fully saturated rings. The van der Waals surface area contributed by atoms with E-state index in [0.717, 1.165) is 16.6 Å². The van der Waals surface area contributed by atoms with E-state index in [1.807, 2.05) is 18.2 Å².